The summed E-state index contributed by atoms with van der Waals surface area (Å²) < 4.78 is 0. The number of aryl methyl sites for hydroxylation is 1. The van der Waals surface area contributed by atoms with Crippen LogP contribution in [0.3, 0.4) is 0 Å². The van der Waals surface area contributed by atoms with Gasteiger partial charge in [-0.25, -0.2) is 9.97 Å². The monoisotopic (exact) mass is 235 g/mol. The van der Waals surface area contributed by atoms with Crippen molar-refractivity contribution in [1.82, 2.24) is 9.97 Å². The SMILES string of the molecule is CCc1cc(N2CCC(CC(=O)O)C2)ncn1. The predicted octanol–water partition coefficient (Wildman–Crippen LogP) is 1.34. The van der Waals surface area contributed by atoms with E-state index in [1.807, 2.05) is 6.07 Å². The molecule has 0 aromatic carbocycles. The molecule has 0 spiro atoms. The normalized spacial score (nSPS) is 19.6. The molecule has 5 nitrogen and oxygen atoms in total. The van der Waals surface area contributed by atoms with Gasteiger partial charge in [0.05, 0.1) is 0 Å². The summed E-state index contributed by atoms with van der Waals surface area (Å²) in [6.45, 7) is 3.73. The second-order valence-electron chi connectivity index (χ2n) is 4.42. The van der Waals surface area contributed by atoms with Crippen LogP contribution in [-0.2, 0) is 11.2 Å². The highest BCUT2D eigenvalue weighted by Gasteiger charge is 2.25. The van der Waals surface area contributed by atoms with Gasteiger partial charge in [-0.1, -0.05) is 6.92 Å². The molecule has 0 amide bonds. The van der Waals surface area contributed by atoms with Crippen LogP contribution in [-0.4, -0.2) is 34.1 Å². The van der Waals surface area contributed by atoms with E-state index in [2.05, 4.69) is 21.8 Å². The van der Waals surface area contributed by atoms with E-state index in [4.69, 9.17) is 5.11 Å². The smallest absolute Gasteiger partial charge is 0.303 e. The topological polar surface area (TPSA) is 66.3 Å². The summed E-state index contributed by atoms with van der Waals surface area (Å²) in [6.07, 6.45) is 3.65. The summed E-state index contributed by atoms with van der Waals surface area (Å²) in [5.74, 6) is 0.450. The molecular weight excluding hydrogens is 218 g/mol. The third-order valence-corrected chi connectivity index (χ3v) is 3.14. The van der Waals surface area contributed by atoms with Crippen LogP contribution in [0.2, 0.25) is 0 Å². The molecule has 1 N–H and O–H groups in total. The van der Waals surface area contributed by atoms with Gasteiger partial charge in [-0.15, -0.1) is 0 Å². The Labute approximate surface area is 100 Å². The van der Waals surface area contributed by atoms with Crippen molar-refractivity contribution in [3.05, 3.63) is 18.1 Å². The molecule has 0 aliphatic carbocycles. The molecule has 0 radical (unpaired) electrons. The number of hydrogen-bond acceptors (Lipinski definition) is 4. The van der Waals surface area contributed by atoms with Crippen LogP contribution in [0.4, 0.5) is 5.82 Å². The molecule has 1 atom stereocenters. The fourth-order valence-electron chi connectivity index (χ4n) is 2.21. The lowest BCUT2D eigenvalue weighted by Gasteiger charge is -2.17. The van der Waals surface area contributed by atoms with Gasteiger partial charge in [-0.05, 0) is 18.8 Å². The summed E-state index contributed by atoms with van der Waals surface area (Å²) in [7, 11) is 0. The van der Waals surface area contributed by atoms with Crippen LogP contribution in [0.25, 0.3) is 0 Å². The van der Waals surface area contributed by atoms with E-state index >= 15 is 0 Å². The van der Waals surface area contributed by atoms with Crippen LogP contribution < -0.4 is 4.90 Å². The van der Waals surface area contributed by atoms with Gasteiger partial charge in [0.15, 0.2) is 0 Å². The van der Waals surface area contributed by atoms with Crippen LogP contribution in [0, 0.1) is 5.92 Å². The Morgan fingerprint density at radius 1 is 1.59 bits per heavy atom. The van der Waals surface area contributed by atoms with Crippen LogP contribution in [0.1, 0.15) is 25.5 Å². The Balaban J connectivity index is 2.01. The first-order valence-electron chi connectivity index (χ1n) is 5.96. The Morgan fingerprint density at radius 3 is 3.12 bits per heavy atom. The molecule has 1 aliphatic heterocycles. The van der Waals surface area contributed by atoms with Crippen LogP contribution in [0.15, 0.2) is 12.4 Å². The molecule has 1 fully saturated rings. The Kier molecular flexibility index (Phi) is 3.56. The second kappa shape index (κ2) is 5.12. The van der Waals surface area contributed by atoms with Crippen molar-refractivity contribution in [2.75, 3.05) is 18.0 Å². The molecule has 1 saturated heterocycles. The highest BCUT2D eigenvalue weighted by molar-refractivity contribution is 5.67. The number of hydrogen-bond donors (Lipinski definition) is 1. The predicted molar refractivity (Wildman–Crippen MR) is 64.0 cm³/mol. The molecule has 1 aliphatic rings. The molecule has 1 unspecified atom stereocenters. The van der Waals surface area contributed by atoms with Crippen molar-refractivity contribution < 1.29 is 9.90 Å². The molecular formula is C12H17N3O2. The molecule has 0 saturated carbocycles. The number of carboxylic acid groups (broad SMARTS) is 1. The first kappa shape index (κ1) is 11.8. The number of carbonyl (C=O) groups is 1. The van der Waals surface area contributed by atoms with Crippen molar-refractivity contribution in [3.63, 3.8) is 0 Å². The largest absolute Gasteiger partial charge is 0.481 e. The lowest BCUT2D eigenvalue weighted by Crippen LogP contribution is -2.21. The summed E-state index contributed by atoms with van der Waals surface area (Å²) in [5, 5.41) is 8.77. The van der Waals surface area contributed by atoms with E-state index in [0.717, 1.165) is 37.4 Å². The minimum atomic E-state index is -0.714. The standard InChI is InChI=1S/C12H17N3O2/c1-2-10-6-11(14-8-13-10)15-4-3-9(7-15)5-12(16)17/h6,8-9H,2-5,7H2,1H3,(H,16,17). The van der Waals surface area contributed by atoms with Gasteiger partial charge in [0.1, 0.15) is 12.1 Å². The number of aliphatic carboxylic acids is 1. The van der Waals surface area contributed by atoms with E-state index in [0.29, 0.717) is 0 Å². The molecule has 17 heavy (non-hydrogen) atoms. The van der Waals surface area contributed by atoms with Crippen molar-refractivity contribution >= 4 is 11.8 Å². The number of nitrogens with zero attached hydrogens (tertiary/aromatic N) is 3. The molecule has 1 aromatic heterocycles. The highest BCUT2D eigenvalue weighted by atomic mass is 16.4. The van der Waals surface area contributed by atoms with E-state index in [1.54, 1.807) is 6.33 Å². The van der Waals surface area contributed by atoms with Crippen LogP contribution in [0.5, 0.6) is 0 Å². The van der Waals surface area contributed by atoms with Gasteiger partial charge in [-0.3, -0.25) is 4.79 Å². The number of rotatable bonds is 4. The summed E-state index contributed by atoms with van der Waals surface area (Å²) in [5.41, 5.74) is 1.02. The first-order valence-corrected chi connectivity index (χ1v) is 5.96. The quantitative estimate of drug-likeness (QED) is 0.853. The zero-order valence-electron chi connectivity index (χ0n) is 9.96. The Morgan fingerprint density at radius 2 is 2.41 bits per heavy atom. The lowest BCUT2D eigenvalue weighted by molar-refractivity contribution is -0.137. The first-order chi connectivity index (χ1) is 8.19. The minimum absolute atomic E-state index is 0.243. The Hall–Kier alpha value is -1.65. The molecule has 2 heterocycles. The van der Waals surface area contributed by atoms with Crippen LogP contribution >= 0.6 is 0 Å². The molecule has 0 bridgehead atoms. The third-order valence-electron chi connectivity index (χ3n) is 3.14. The number of anilines is 1. The Bertz CT molecular complexity index is 408. The fourth-order valence-corrected chi connectivity index (χ4v) is 2.21. The maximum Gasteiger partial charge on any atom is 0.303 e. The average molecular weight is 235 g/mol. The van der Waals surface area contributed by atoms with E-state index in [9.17, 15) is 4.79 Å². The molecule has 92 valence electrons. The van der Waals surface area contributed by atoms with Gasteiger partial charge in [0.25, 0.3) is 0 Å². The zero-order valence-corrected chi connectivity index (χ0v) is 9.96. The van der Waals surface area contributed by atoms with Gasteiger partial charge < -0.3 is 10.0 Å². The number of aromatic nitrogens is 2. The van der Waals surface area contributed by atoms with E-state index in [1.165, 1.54) is 0 Å². The maximum atomic E-state index is 10.7. The van der Waals surface area contributed by atoms with Crippen molar-refractivity contribution in [2.45, 2.75) is 26.2 Å². The second-order valence-corrected chi connectivity index (χ2v) is 4.42. The highest BCUT2D eigenvalue weighted by Crippen LogP contribution is 2.24. The zero-order chi connectivity index (χ0) is 12.3. The molecule has 2 rings (SSSR count). The summed E-state index contributed by atoms with van der Waals surface area (Å²) in [4.78, 5) is 21.2. The van der Waals surface area contributed by atoms with E-state index in [-0.39, 0.29) is 12.3 Å². The third kappa shape index (κ3) is 2.93. The van der Waals surface area contributed by atoms with Crippen molar-refractivity contribution in [2.24, 2.45) is 5.92 Å². The van der Waals surface area contributed by atoms with Gasteiger partial charge in [0, 0.05) is 31.3 Å². The maximum absolute atomic E-state index is 10.7. The van der Waals surface area contributed by atoms with Crippen molar-refractivity contribution in [3.8, 4) is 0 Å². The number of carboxylic acids is 1. The van der Waals surface area contributed by atoms with Gasteiger partial charge >= 0.3 is 5.97 Å². The van der Waals surface area contributed by atoms with Gasteiger partial charge in [0.2, 0.25) is 0 Å². The van der Waals surface area contributed by atoms with Crippen molar-refractivity contribution in [1.29, 1.82) is 0 Å². The summed E-state index contributed by atoms with van der Waals surface area (Å²) >= 11 is 0. The molecule has 5 heteroatoms. The summed E-state index contributed by atoms with van der Waals surface area (Å²) in [6, 6.07) is 1.99. The minimum Gasteiger partial charge on any atom is -0.481 e. The van der Waals surface area contributed by atoms with Gasteiger partial charge in [-0.2, -0.15) is 0 Å². The fraction of sp³-hybridized carbons (Fsp3) is 0.583. The average Bonchev–Trinajstić information content (AvgIpc) is 2.77. The van der Waals surface area contributed by atoms with E-state index < -0.39 is 5.97 Å². The lowest BCUT2D eigenvalue weighted by atomic mass is 10.1. The molecule has 1 aromatic rings.